The summed E-state index contributed by atoms with van der Waals surface area (Å²) < 4.78 is 9.89. The summed E-state index contributed by atoms with van der Waals surface area (Å²) in [6.45, 7) is 5.67. The number of hydrogen-bond donors (Lipinski definition) is 1. The summed E-state index contributed by atoms with van der Waals surface area (Å²) in [5.41, 5.74) is 0.811. The predicted molar refractivity (Wildman–Crippen MR) is 64.6 cm³/mol. The molecule has 1 aliphatic carbocycles. The van der Waals surface area contributed by atoms with E-state index in [2.05, 4.69) is 5.32 Å². The van der Waals surface area contributed by atoms with E-state index in [4.69, 9.17) is 9.47 Å². The van der Waals surface area contributed by atoms with Crippen molar-refractivity contribution in [1.82, 2.24) is 5.32 Å². The van der Waals surface area contributed by atoms with Crippen molar-refractivity contribution in [3.8, 4) is 0 Å². The van der Waals surface area contributed by atoms with Gasteiger partial charge >= 0.3 is 0 Å². The van der Waals surface area contributed by atoms with Crippen LogP contribution in [0.25, 0.3) is 0 Å². The smallest absolute Gasteiger partial charge is 0.0701 e. The summed E-state index contributed by atoms with van der Waals surface area (Å²) in [5.74, 6) is 0. The number of ether oxygens (including phenoxy) is 2. The molecule has 0 radical (unpaired) electrons. The van der Waals surface area contributed by atoms with Gasteiger partial charge in [0.15, 0.2) is 0 Å². The van der Waals surface area contributed by atoms with Crippen molar-refractivity contribution < 1.29 is 9.47 Å². The highest BCUT2D eigenvalue weighted by atomic mass is 16.6. The molecule has 0 aromatic rings. The summed E-state index contributed by atoms with van der Waals surface area (Å²) >= 11 is 0. The van der Waals surface area contributed by atoms with E-state index >= 15 is 0 Å². The molecule has 2 heterocycles. The lowest BCUT2D eigenvalue weighted by Crippen LogP contribution is -2.34. The monoisotopic (exact) mass is 227 g/mol. The van der Waals surface area contributed by atoms with Crippen LogP contribution in [0.2, 0.25) is 0 Å². The van der Waals surface area contributed by atoms with Crippen molar-refractivity contribution in [2.45, 2.75) is 38.5 Å². The highest BCUT2D eigenvalue weighted by Gasteiger charge is 2.34. The molecule has 0 aromatic carbocycles. The van der Waals surface area contributed by atoms with Gasteiger partial charge in [0.1, 0.15) is 0 Å². The molecule has 3 aliphatic rings. The molecule has 1 saturated carbocycles. The van der Waals surface area contributed by atoms with Crippen LogP contribution in [0.1, 0.15) is 38.5 Å². The van der Waals surface area contributed by atoms with Gasteiger partial charge in [-0.15, -0.1) is 0 Å². The van der Waals surface area contributed by atoms with Crippen LogP contribution in [0.3, 0.4) is 0 Å². The normalized spacial score (nSPS) is 28.5. The fourth-order valence-electron chi connectivity index (χ4n) is 3.02. The minimum absolute atomic E-state index is 0.778. The van der Waals surface area contributed by atoms with Gasteiger partial charge in [-0.1, -0.05) is 12.8 Å². The largest absolute Gasteiger partial charge is 0.377 e. The van der Waals surface area contributed by atoms with Gasteiger partial charge in [0.25, 0.3) is 0 Å². The Morgan fingerprint density at radius 3 is 1.62 bits per heavy atom. The Morgan fingerprint density at radius 2 is 1.19 bits per heavy atom. The summed E-state index contributed by atoms with van der Waals surface area (Å²) in [6, 6.07) is 0. The zero-order valence-corrected chi connectivity index (χ0v) is 10.3. The van der Waals surface area contributed by atoms with Crippen molar-refractivity contribution in [2.75, 3.05) is 39.5 Å². The molecule has 0 unspecified atom stereocenters. The fourth-order valence-corrected chi connectivity index (χ4v) is 3.02. The van der Waals surface area contributed by atoms with Gasteiger partial charge < -0.3 is 14.8 Å². The standard InChI is InChI=1S/C9H17N.C4H8O2/c1-2-4-9(3-1)5-7-10-8-6-9;1-2-6-4-3-5-1/h10H,1-8H2;1-4H2. The molecule has 2 saturated heterocycles. The molecule has 3 heteroatoms. The Morgan fingerprint density at radius 1 is 0.688 bits per heavy atom. The molecular formula is C13H25NO2. The van der Waals surface area contributed by atoms with E-state index in [1.807, 2.05) is 0 Å². The van der Waals surface area contributed by atoms with Gasteiger partial charge in [-0.25, -0.2) is 0 Å². The SMILES string of the molecule is C1CCC2(C1)CCNCC2.C1COCCO1. The van der Waals surface area contributed by atoms with Crippen LogP contribution in [0.15, 0.2) is 0 Å². The maximum absolute atomic E-state index is 4.94. The number of hydrogen-bond acceptors (Lipinski definition) is 3. The van der Waals surface area contributed by atoms with Crippen LogP contribution < -0.4 is 5.32 Å². The van der Waals surface area contributed by atoms with Crippen molar-refractivity contribution in [2.24, 2.45) is 5.41 Å². The topological polar surface area (TPSA) is 30.5 Å². The van der Waals surface area contributed by atoms with Gasteiger partial charge in [0, 0.05) is 0 Å². The first-order valence-electron chi connectivity index (χ1n) is 6.78. The second-order valence-electron chi connectivity index (χ2n) is 5.18. The summed E-state index contributed by atoms with van der Waals surface area (Å²) in [7, 11) is 0. The Kier molecular flexibility index (Phi) is 5.07. The Labute approximate surface area is 98.9 Å². The minimum Gasteiger partial charge on any atom is -0.377 e. The molecule has 0 atom stereocenters. The van der Waals surface area contributed by atoms with Gasteiger partial charge in [-0.2, -0.15) is 0 Å². The molecule has 2 aliphatic heterocycles. The second-order valence-corrected chi connectivity index (χ2v) is 5.18. The third kappa shape index (κ3) is 3.72. The van der Waals surface area contributed by atoms with Crippen LogP contribution in [0, 0.1) is 5.41 Å². The van der Waals surface area contributed by atoms with Gasteiger partial charge in [-0.3, -0.25) is 0 Å². The molecule has 0 bridgehead atoms. The maximum Gasteiger partial charge on any atom is 0.0701 e. The zero-order valence-electron chi connectivity index (χ0n) is 10.3. The van der Waals surface area contributed by atoms with Crippen molar-refractivity contribution >= 4 is 0 Å². The van der Waals surface area contributed by atoms with Crippen LogP contribution in [0.5, 0.6) is 0 Å². The van der Waals surface area contributed by atoms with E-state index in [9.17, 15) is 0 Å². The molecule has 16 heavy (non-hydrogen) atoms. The quantitative estimate of drug-likeness (QED) is 0.686. The Hall–Kier alpha value is -0.120. The summed E-state index contributed by atoms with van der Waals surface area (Å²) in [6.07, 6.45) is 8.95. The molecule has 94 valence electrons. The Balaban J connectivity index is 0.000000138. The second kappa shape index (κ2) is 6.58. The fraction of sp³-hybridized carbons (Fsp3) is 1.00. The van der Waals surface area contributed by atoms with Gasteiger partial charge in [0.2, 0.25) is 0 Å². The molecule has 1 spiro atoms. The van der Waals surface area contributed by atoms with E-state index < -0.39 is 0 Å². The maximum atomic E-state index is 4.94. The average Bonchev–Trinajstić information content (AvgIpc) is 2.81. The molecular weight excluding hydrogens is 202 g/mol. The first kappa shape index (κ1) is 12.3. The predicted octanol–water partition coefficient (Wildman–Crippen LogP) is 1.96. The Bertz CT molecular complexity index is 167. The van der Waals surface area contributed by atoms with E-state index in [-0.39, 0.29) is 0 Å². The van der Waals surface area contributed by atoms with Crippen LogP contribution in [0.4, 0.5) is 0 Å². The molecule has 1 N–H and O–H groups in total. The molecule has 0 amide bonds. The van der Waals surface area contributed by atoms with Gasteiger partial charge in [-0.05, 0) is 44.2 Å². The lowest BCUT2D eigenvalue weighted by molar-refractivity contribution is -0.0334. The molecule has 0 aromatic heterocycles. The number of rotatable bonds is 0. The highest BCUT2D eigenvalue weighted by Crippen LogP contribution is 2.44. The van der Waals surface area contributed by atoms with Crippen molar-refractivity contribution in [1.29, 1.82) is 0 Å². The highest BCUT2D eigenvalue weighted by molar-refractivity contribution is 4.88. The van der Waals surface area contributed by atoms with Crippen LogP contribution in [-0.4, -0.2) is 39.5 Å². The first-order valence-corrected chi connectivity index (χ1v) is 6.78. The molecule has 3 fully saturated rings. The molecule has 3 rings (SSSR count). The lowest BCUT2D eigenvalue weighted by Gasteiger charge is -2.33. The third-order valence-electron chi connectivity index (χ3n) is 4.07. The van der Waals surface area contributed by atoms with Crippen molar-refractivity contribution in [3.05, 3.63) is 0 Å². The minimum atomic E-state index is 0.778. The number of nitrogens with one attached hydrogen (secondary N) is 1. The summed E-state index contributed by atoms with van der Waals surface area (Å²) in [4.78, 5) is 0. The number of piperidine rings is 1. The van der Waals surface area contributed by atoms with E-state index in [0.29, 0.717) is 0 Å². The van der Waals surface area contributed by atoms with E-state index in [1.54, 1.807) is 0 Å². The van der Waals surface area contributed by atoms with Crippen molar-refractivity contribution in [3.63, 3.8) is 0 Å². The average molecular weight is 227 g/mol. The zero-order chi connectivity index (χ0) is 11.1. The first-order chi connectivity index (χ1) is 7.91. The van der Waals surface area contributed by atoms with E-state index in [1.165, 1.54) is 51.6 Å². The molecule has 3 nitrogen and oxygen atoms in total. The lowest BCUT2D eigenvalue weighted by atomic mass is 9.78. The van der Waals surface area contributed by atoms with Gasteiger partial charge in [0.05, 0.1) is 26.4 Å². The van der Waals surface area contributed by atoms with Crippen LogP contribution >= 0.6 is 0 Å². The van der Waals surface area contributed by atoms with E-state index in [0.717, 1.165) is 31.8 Å². The summed E-state index contributed by atoms with van der Waals surface area (Å²) in [5, 5.41) is 3.44. The van der Waals surface area contributed by atoms with Crippen LogP contribution in [-0.2, 0) is 9.47 Å². The third-order valence-corrected chi connectivity index (χ3v) is 4.07.